The molecule has 0 N–H and O–H groups in total. The second-order valence-corrected chi connectivity index (χ2v) is 6.00. The van der Waals surface area contributed by atoms with Gasteiger partial charge in [0.2, 0.25) is 5.69 Å². The number of fused-ring (bicyclic) bond motifs is 3. The minimum atomic E-state index is -2.94. The number of alkyl halides is 2. The lowest BCUT2D eigenvalue weighted by Crippen LogP contribution is -2.30. The van der Waals surface area contributed by atoms with E-state index in [9.17, 15) is 8.78 Å². The van der Waals surface area contributed by atoms with Crippen LogP contribution in [0.15, 0.2) is 60.8 Å². The van der Waals surface area contributed by atoms with Crippen molar-refractivity contribution in [2.24, 2.45) is 7.05 Å². The van der Waals surface area contributed by atoms with Crippen LogP contribution in [0.2, 0.25) is 0 Å². The van der Waals surface area contributed by atoms with Gasteiger partial charge in [-0.3, -0.25) is 0 Å². The highest BCUT2D eigenvalue weighted by Gasteiger charge is 2.46. The van der Waals surface area contributed by atoms with Crippen molar-refractivity contribution in [1.82, 2.24) is 0 Å². The van der Waals surface area contributed by atoms with Crippen LogP contribution < -0.4 is 4.57 Å². The van der Waals surface area contributed by atoms with E-state index >= 15 is 0 Å². The predicted octanol–water partition coefficient (Wildman–Crippen LogP) is 4.61. The smallest absolute Gasteiger partial charge is 0.201 e. The maximum atomic E-state index is 14.9. The third-order valence-corrected chi connectivity index (χ3v) is 4.60. The molecule has 1 aliphatic carbocycles. The van der Waals surface area contributed by atoms with E-state index in [1.807, 2.05) is 49.0 Å². The van der Waals surface area contributed by atoms with Crippen LogP contribution in [0.3, 0.4) is 0 Å². The van der Waals surface area contributed by atoms with Crippen molar-refractivity contribution in [3.63, 3.8) is 0 Å². The molecule has 0 radical (unpaired) electrons. The second-order valence-electron chi connectivity index (χ2n) is 6.00. The summed E-state index contributed by atoms with van der Waals surface area (Å²) in [6.07, 6.45) is 1.94. The minimum absolute atomic E-state index is 0.0976. The molecule has 114 valence electrons. The molecule has 0 aliphatic heterocycles. The Kier molecular flexibility index (Phi) is 2.89. The molecule has 1 aliphatic rings. The van der Waals surface area contributed by atoms with Crippen molar-refractivity contribution in [2.45, 2.75) is 12.8 Å². The number of rotatable bonds is 1. The molecule has 0 amide bonds. The van der Waals surface area contributed by atoms with Crippen LogP contribution in [0.5, 0.6) is 0 Å². The van der Waals surface area contributed by atoms with Gasteiger partial charge < -0.3 is 0 Å². The summed E-state index contributed by atoms with van der Waals surface area (Å²) < 4.78 is 31.7. The van der Waals surface area contributed by atoms with Gasteiger partial charge in [0.25, 0.3) is 5.92 Å². The number of hydrogen-bond donors (Lipinski definition) is 0. The summed E-state index contributed by atoms with van der Waals surface area (Å²) in [5.41, 5.74) is 4.31. The van der Waals surface area contributed by atoms with Crippen molar-refractivity contribution in [3.05, 3.63) is 77.5 Å². The highest BCUT2D eigenvalue weighted by Crippen LogP contribution is 2.54. The molecule has 4 rings (SSSR count). The molecule has 2 aromatic carbocycles. The van der Waals surface area contributed by atoms with Crippen molar-refractivity contribution >= 4 is 0 Å². The number of aromatic nitrogens is 1. The van der Waals surface area contributed by atoms with Gasteiger partial charge in [-0.2, -0.15) is 8.78 Å². The summed E-state index contributed by atoms with van der Waals surface area (Å²) in [7, 11) is 1.94. The molecule has 0 fully saturated rings. The minimum Gasteiger partial charge on any atom is -0.201 e. The van der Waals surface area contributed by atoms with E-state index in [0.29, 0.717) is 11.1 Å². The molecule has 3 heteroatoms. The van der Waals surface area contributed by atoms with Gasteiger partial charge in [-0.15, -0.1) is 0 Å². The summed E-state index contributed by atoms with van der Waals surface area (Å²) >= 11 is 0. The standard InChI is InChI=1S/C20H16F2N/c1-13-10-11-16-19(18(13)17-9-5-6-12-23(17)2)14-7-3-4-8-15(14)20(16,21)22/h3-12H,1-2H3/q+1. The molecule has 1 aromatic heterocycles. The largest absolute Gasteiger partial charge is 0.299 e. The summed E-state index contributed by atoms with van der Waals surface area (Å²) in [6, 6.07) is 16.0. The van der Waals surface area contributed by atoms with Crippen LogP contribution in [0, 0.1) is 6.92 Å². The Morgan fingerprint density at radius 2 is 1.57 bits per heavy atom. The molecule has 23 heavy (non-hydrogen) atoms. The Bertz CT molecular complexity index is 929. The van der Waals surface area contributed by atoms with Gasteiger partial charge in [0, 0.05) is 28.8 Å². The summed E-state index contributed by atoms with van der Waals surface area (Å²) in [5, 5.41) is 0. The quantitative estimate of drug-likeness (QED) is 0.578. The zero-order chi connectivity index (χ0) is 16.2. The Morgan fingerprint density at radius 3 is 2.35 bits per heavy atom. The fraction of sp³-hybridized carbons (Fsp3) is 0.150. The SMILES string of the molecule is Cc1ccc2c(c1-c1cccc[n+]1C)-c1ccccc1C2(F)F. The number of pyridine rings is 1. The Hall–Kier alpha value is -2.55. The lowest BCUT2D eigenvalue weighted by molar-refractivity contribution is -0.660. The Morgan fingerprint density at radius 1 is 0.826 bits per heavy atom. The first-order valence-electron chi connectivity index (χ1n) is 7.58. The van der Waals surface area contributed by atoms with Gasteiger partial charge in [0.1, 0.15) is 7.05 Å². The van der Waals surface area contributed by atoms with Gasteiger partial charge in [-0.1, -0.05) is 36.4 Å². The Labute approximate surface area is 133 Å². The molecular weight excluding hydrogens is 292 g/mol. The average molecular weight is 308 g/mol. The van der Waals surface area contributed by atoms with Crippen molar-refractivity contribution in [3.8, 4) is 22.4 Å². The lowest BCUT2D eigenvalue weighted by atomic mass is 9.92. The number of nitrogens with zero attached hydrogens (tertiary/aromatic N) is 1. The molecule has 0 atom stereocenters. The van der Waals surface area contributed by atoms with E-state index in [4.69, 9.17) is 0 Å². The monoisotopic (exact) mass is 308 g/mol. The van der Waals surface area contributed by atoms with Gasteiger partial charge in [-0.05, 0) is 24.1 Å². The maximum absolute atomic E-state index is 14.9. The highest BCUT2D eigenvalue weighted by atomic mass is 19.3. The van der Waals surface area contributed by atoms with Gasteiger partial charge >= 0.3 is 0 Å². The molecule has 0 unspecified atom stereocenters. The fourth-order valence-electron chi connectivity index (χ4n) is 3.48. The lowest BCUT2D eigenvalue weighted by Gasteiger charge is -2.14. The molecule has 0 saturated carbocycles. The Balaban J connectivity index is 2.14. The molecule has 0 saturated heterocycles. The van der Waals surface area contributed by atoms with Gasteiger partial charge in [-0.25, -0.2) is 4.57 Å². The van der Waals surface area contributed by atoms with E-state index in [1.54, 1.807) is 24.3 Å². The maximum Gasteiger partial charge on any atom is 0.299 e. The first-order valence-corrected chi connectivity index (χ1v) is 7.58. The third kappa shape index (κ3) is 1.86. The van der Waals surface area contributed by atoms with E-state index in [1.165, 1.54) is 6.07 Å². The van der Waals surface area contributed by atoms with Crippen LogP contribution in [0.1, 0.15) is 16.7 Å². The summed E-state index contributed by atoms with van der Waals surface area (Å²) in [5.74, 6) is -2.94. The highest BCUT2D eigenvalue weighted by molar-refractivity contribution is 5.91. The molecule has 3 aromatic rings. The molecule has 0 spiro atoms. The molecule has 1 heterocycles. The number of halogens is 2. The first-order chi connectivity index (χ1) is 11.0. The predicted molar refractivity (Wildman–Crippen MR) is 86.2 cm³/mol. The topological polar surface area (TPSA) is 3.88 Å². The molecule has 0 bridgehead atoms. The first kappa shape index (κ1) is 14.1. The van der Waals surface area contributed by atoms with Crippen molar-refractivity contribution < 1.29 is 13.3 Å². The van der Waals surface area contributed by atoms with E-state index < -0.39 is 5.92 Å². The second kappa shape index (κ2) is 4.72. The van der Waals surface area contributed by atoms with Crippen LogP contribution in [-0.4, -0.2) is 0 Å². The zero-order valence-electron chi connectivity index (χ0n) is 13.0. The van der Waals surface area contributed by atoms with Crippen LogP contribution in [-0.2, 0) is 13.0 Å². The zero-order valence-corrected chi connectivity index (χ0v) is 13.0. The molecular formula is C20H16F2N+. The van der Waals surface area contributed by atoms with Crippen LogP contribution in [0.4, 0.5) is 8.78 Å². The van der Waals surface area contributed by atoms with E-state index in [2.05, 4.69) is 0 Å². The van der Waals surface area contributed by atoms with Crippen molar-refractivity contribution in [1.29, 1.82) is 0 Å². The van der Waals surface area contributed by atoms with E-state index in [0.717, 1.165) is 16.8 Å². The van der Waals surface area contributed by atoms with Crippen LogP contribution in [0.25, 0.3) is 22.4 Å². The van der Waals surface area contributed by atoms with E-state index in [-0.39, 0.29) is 11.1 Å². The fourth-order valence-corrected chi connectivity index (χ4v) is 3.48. The number of hydrogen-bond acceptors (Lipinski definition) is 0. The summed E-state index contributed by atoms with van der Waals surface area (Å²) in [6.45, 7) is 1.97. The number of benzene rings is 2. The van der Waals surface area contributed by atoms with Crippen LogP contribution >= 0.6 is 0 Å². The number of aryl methyl sites for hydroxylation is 2. The normalized spacial score (nSPS) is 14.4. The third-order valence-electron chi connectivity index (χ3n) is 4.60. The van der Waals surface area contributed by atoms with Gasteiger partial charge in [0.05, 0.1) is 5.56 Å². The average Bonchev–Trinajstić information content (AvgIpc) is 2.77. The van der Waals surface area contributed by atoms with Gasteiger partial charge in [0.15, 0.2) is 6.20 Å². The summed E-state index contributed by atoms with van der Waals surface area (Å²) in [4.78, 5) is 0. The molecule has 1 nitrogen and oxygen atoms in total. The van der Waals surface area contributed by atoms with Crippen molar-refractivity contribution in [2.75, 3.05) is 0 Å².